The van der Waals surface area contributed by atoms with E-state index in [0.717, 1.165) is 42.2 Å². The second-order valence-electron chi connectivity index (χ2n) is 6.04. The molecule has 24 heavy (non-hydrogen) atoms. The summed E-state index contributed by atoms with van der Waals surface area (Å²) in [5, 5.41) is 2.90. The highest BCUT2D eigenvalue weighted by Crippen LogP contribution is 2.26. The average Bonchev–Trinajstić information content (AvgIpc) is 2.99. The molecule has 0 saturated carbocycles. The number of fused-ring (bicyclic) bond motifs is 3. The first-order valence-corrected chi connectivity index (χ1v) is 8.33. The van der Waals surface area contributed by atoms with Gasteiger partial charge in [-0.3, -0.25) is 4.79 Å². The third kappa shape index (κ3) is 2.62. The van der Waals surface area contributed by atoms with Crippen molar-refractivity contribution in [3.63, 3.8) is 0 Å². The van der Waals surface area contributed by atoms with Crippen LogP contribution in [0.3, 0.4) is 0 Å². The van der Waals surface area contributed by atoms with Crippen molar-refractivity contribution in [3.05, 3.63) is 54.4 Å². The second kappa shape index (κ2) is 6.00. The fourth-order valence-corrected chi connectivity index (χ4v) is 3.21. The molecule has 1 aromatic heterocycles. The molecule has 5 nitrogen and oxygen atoms in total. The third-order valence-electron chi connectivity index (χ3n) is 4.48. The molecule has 0 aliphatic carbocycles. The number of para-hydroxylation sites is 1. The van der Waals surface area contributed by atoms with Gasteiger partial charge in [-0.2, -0.15) is 0 Å². The van der Waals surface area contributed by atoms with Gasteiger partial charge in [0.25, 0.3) is 0 Å². The fraction of sp³-hybridized carbons (Fsp3) is 0.263. The molecular weight excluding hydrogens is 300 g/mol. The fourth-order valence-electron chi connectivity index (χ4n) is 3.21. The number of amides is 1. The normalized spacial score (nSPS) is 13.8. The predicted molar refractivity (Wildman–Crippen MR) is 96.1 cm³/mol. The van der Waals surface area contributed by atoms with Crippen LogP contribution in [-0.4, -0.2) is 22.0 Å². The van der Waals surface area contributed by atoms with Gasteiger partial charge in [-0.15, -0.1) is 0 Å². The van der Waals surface area contributed by atoms with Crippen molar-refractivity contribution in [1.82, 2.24) is 9.55 Å². The maximum absolute atomic E-state index is 11.6. The minimum absolute atomic E-state index is 0.0218. The van der Waals surface area contributed by atoms with Gasteiger partial charge in [0.05, 0.1) is 17.6 Å². The Bertz CT molecular complexity index is 885. The molecule has 1 N–H and O–H groups in total. The summed E-state index contributed by atoms with van der Waals surface area (Å²) >= 11 is 0. The number of anilines is 2. The van der Waals surface area contributed by atoms with E-state index < -0.39 is 0 Å². The van der Waals surface area contributed by atoms with Crippen molar-refractivity contribution in [2.45, 2.75) is 26.4 Å². The molecule has 2 aromatic carbocycles. The summed E-state index contributed by atoms with van der Waals surface area (Å²) in [6.45, 7) is 4.54. The first-order chi connectivity index (χ1) is 11.7. The summed E-state index contributed by atoms with van der Waals surface area (Å²) in [6, 6.07) is 16.4. The van der Waals surface area contributed by atoms with Crippen molar-refractivity contribution in [2.24, 2.45) is 0 Å². The van der Waals surface area contributed by atoms with E-state index in [0.29, 0.717) is 6.42 Å². The molecule has 0 spiro atoms. The minimum Gasteiger partial charge on any atom is -0.362 e. The maximum atomic E-state index is 11.6. The zero-order valence-corrected chi connectivity index (χ0v) is 13.7. The second-order valence-corrected chi connectivity index (χ2v) is 6.04. The highest BCUT2D eigenvalue weighted by molar-refractivity contribution is 5.93. The van der Waals surface area contributed by atoms with E-state index in [1.54, 1.807) is 0 Å². The van der Waals surface area contributed by atoms with E-state index in [-0.39, 0.29) is 5.91 Å². The third-order valence-corrected chi connectivity index (χ3v) is 4.48. The zero-order valence-electron chi connectivity index (χ0n) is 13.7. The molecule has 0 bridgehead atoms. The number of aromatic nitrogens is 2. The van der Waals surface area contributed by atoms with E-state index >= 15 is 0 Å². The van der Waals surface area contributed by atoms with E-state index in [9.17, 15) is 4.79 Å². The average molecular weight is 320 g/mol. The van der Waals surface area contributed by atoms with Crippen molar-refractivity contribution < 1.29 is 4.79 Å². The molecule has 5 heteroatoms. The molecule has 4 rings (SSSR count). The molecule has 3 aromatic rings. The zero-order chi connectivity index (χ0) is 16.5. The topological polar surface area (TPSA) is 50.2 Å². The molecule has 1 amide bonds. The summed E-state index contributed by atoms with van der Waals surface area (Å²) in [7, 11) is 0. The molecule has 0 fully saturated rings. The van der Waals surface area contributed by atoms with E-state index in [1.807, 2.05) is 25.1 Å². The van der Waals surface area contributed by atoms with Crippen LogP contribution in [0.4, 0.5) is 11.4 Å². The molecule has 0 saturated heterocycles. The first-order valence-electron chi connectivity index (χ1n) is 8.33. The Balaban J connectivity index is 1.64. The number of rotatable bonds is 3. The Morgan fingerprint density at radius 3 is 2.79 bits per heavy atom. The van der Waals surface area contributed by atoms with Crippen LogP contribution in [0.2, 0.25) is 0 Å². The summed E-state index contributed by atoms with van der Waals surface area (Å²) in [4.78, 5) is 18.7. The summed E-state index contributed by atoms with van der Waals surface area (Å²) < 4.78 is 2.28. The van der Waals surface area contributed by atoms with Gasteiger partial charge in [-0.25, -0.2) is 4.98 Å². The quantitative estimate of drug-likeness (QED) is 0.804. The summed E-state index contributed by atoms with van der Waals surface area (Å²) in [5.41, 5.74) is 4.11. The van der Waals surface area contributed by atoms with Crippen LogP contribution in [0.15, 0.2) is 48.5 Å². The molecule has 1 aliphatic heterocycles. The van der Waals surface area contributed by atoms with Crippen molar-refractivity contribution >= 4 is 28.3 Å². The van der Waals surface area contributed by atoms with Crippen LogP contribution in [0, 0.1) is 0 Å². The summed E-state index contributed by atoms with van der Waals surface area (Å²) in [5.74, 6) is 1.09. The van der Waals surface area contributed by atoms with Gasteiger partial charge in [0.2, 0.25) is 5.91 Å². The van der Waals surface area contributed by atoms with Crippen molar-refractivity contribution in [2.75, 3.05) is 16.8 Å². The van der Waals surface area contributed by atoms with Crippen LogP contribution >= 0.6 is 0 Å². The number of carbonyl (C=O) groups excluding carboxylic acids is 1. The minimum atomic E-state index is 0.0218. The van der Waals surface area contributed by atoms with Crippen LogP contribution in [0.1, 0.15) is 19.2 Å². The Morgan fingerprint density at radius 1 is 1.17 bits per heavy atom. The first kappa shape index (κ1) is 14.8. The number of nitrogens with zero attached hydrogens (tertiary/aromatic N) is 3. The Morgan fingerprint density at radius 2 is 2.00 bits per heavy atom. The number of imidazole rings is 1. The molecule has 2 heterocycles. The predicted octanol–water partition coefficient (Wildman–Crippen LogP) is 3.41. The van der Waals surface area contributed by atoms with Crippen LogP contribution in [0.5, 0.6) is 0 Å². The number of hydrogen-bond acceptors (Lipinski definition) is 3. The molecule has 0 unspecified atom stereocenters. The van der Waals surface area contributed by atoms with Gasteiger partial charge in [0.15, 0.2) is 0 Å². The van der Waals surface area contributed by atoms with E-state index in [1.165, 1.54) is 5.69 Å². The Labute approximate surface area is 140 Å². The highest BCUT2D eigenvalue weighted by Gasteiger charge is 2.20. The Hall–Kier alpha value is -2.82. The summed E-state index contributed by atoms with van der Waals surface area (Å²) in [6.07, 6.45) is 0.476. The lowest BCUT2D eigenvalue weighted by Crippen LogP contribution is -2.33. The van der Waals surface area contributed by atoms with Crippen molar-refractivity contribution in [1.29, 1.82) is 0 Å². The van der Waals surface area contributed by atoms with Gasteiger partial charge in [-0.1, -0.05) is 25.1 Å². The number of nitrogens with one attached hydrogen (secondary N) is 1. The molecule has 1 aliphatic rings. The number of benzene rings is 2. The number of carbonyl (C=O) groups is 1. The monoisotopic (exact) mass is 320 g/mol. The number of hydrogen-bond donors (Lipinski definition) is 1. The molecular formula is C19H20N4O. The lowest BCUT2D eigenvalue weighted by Gasteiger charge is -2.29. The highest BCUT2D eigenvalue weighted by atomic mass is 16.1. The molecule has 0 atom stereocenters. The maximum Gasteiger partial charge on any atom is 0.224 e. The molecule has 122 valence electrons. The van der Waals surface area contributed by atoms with Gasteiger partial charge < -0.3 is 14.8 Å². The molecule has 0 radical (unpaired) electrons. The van der Waals surface area contributed by atoms with E-state index in [2.05, 4.69) is 45.1 Å². The van der Waals surface area contributed by atoms with Crippen LogP contribution in [0.25, 0.3) is 11.0 Å². The van der Waals surface area contributed by atoms with Crippen molar-refractivity contribution in [3.8, 4) is 0 Å². The Kier molecular flexibility index (Phi) is 3.69. The standard InChI is InChI=1S/C19H20N4O/c1-2-19(24)20-14-8-9-17-16(12-14)21-18-13-22(10-11-23(17)18)15-6-4-3-5-7-15/h3-9,12H,2,10-11,13H2,1H3,(H,20,24). The SMILES string of the molecule is CCC(=O)Nc1ccc2c(c1)nc1n2CCN(c2ccccc2)C1. The largest absolute Gasteiger partial charge is 0.362 e. The lowest BCUT2D eigenvalue weighted by molar-refractivity contribution is -0.115. The lowest BCUT2D eigenvalue weighted by atomic mass is 10.2. The van der Waals surface area contributed by atoms with Crippen LogP contribution in [-0.2, 0) is 17.9 Å². The van der Waals surface area contributed by atoms with Gasteiger partial charge in [0.1, 0.15) is 5.82 Å². The van der Waals surface area contributed by atoms with Gasteiger partial charge in [-0.05, 0) is 30.3 Å². The van der Waals surface area contributed by atoms with Gasteiger partial charge >= 0.3 is 0 Å². The van der Waals surface area contributed by atoms with Crippen LogP contribution < -0.4 is 10.2 Å². The smallest absolute Gasteiger partial charge is 0.224 e. The van der Waals surface area contributed by atoms with Gasteiger partial charge in [0, 0.05) is 30.9 Å². The van der Waals surface area contributed by atoms with E-state index in [4.69, 9.17) is 4.98 Å².